The quantitative estimate of drug-likeness (QED) is 0.809. The summed E-state index contributed by atoms with van der Waals surface area (Å²) < 4.78 is 13.1. The van der Waals surface area contributed by atoms with Crippen molar-refractivity contribution in [3.8, 4) is 11.5 Å². The number of hydrogen-bond acceptors (Lipinski definition) is 4. The Morgan fingerprint density at radius 3 is 2.95 bits per heavy atom. The van der Waals surface area contributed by atoms with E-state index in [4.69, 9.17) is 9.47 Å². The summed E-state index contributed by atoms with van der Waals surface area (Å²) in [6, 6.07) is 8.72. The summed E-state index contributed by atoms with van der Waals surface area (Å²) in [5.74, 6) is 1.56. The topological polar surface area (TPSA) is 48.3 Å². The smallest absolute Gasteiger partial charge is 0.161 e. The Hall–Kier alpha value is -2.01. The maximum absolute atomic E-state index is 5.79. The average molecular weight is 287 g/mol. The van der Waals surface area contributed by atoms with Crippen LogP contribution in [0.4, 0.5) is 0 Å². The van der Waals surface area contributed by atoms with Crippen molar-refractivity contribution in [2.24, 2.45) is 0 Å². The zero-order valence-corrected chi connectivity index (χ0v) is 12.3. The van der Waals surface area contributed by atoms with Crippen LogP contribution in [0.25, 0.3) is 0 Å². The third-order valence-electron chi connectivity index (χ3n) is 3.54. The number of ether oxygens (including phenoxy) is 2. The predicted molar refractivity (Wildman–Crippen MR) is 80.6 cm³/mol. The second-order valence-electron chi connectivity index (χ2n) is 5.26. The van der Waals surface area contributed by atoms with Gasteiger partial charge >= 0.3 is 0 Å². The first-order valence-electron chi connectivity index (χ1n) is 7.35. The van der Waals surface area contributed by atoms with Gasteiger partial charge in [-0.2, -0.15) is 5.10 Å². The molecule has 1 aromatic heterocycles. The van der Waals surface area contributed by atoms with Gasteiger partial charge in [-0.3, -0.25) is 4.68 Å². The first-order valence-corrected chi connectivity index (χ1v) is 7.35. The highest BCUT2D eigenvalue weighted by atomic mass is 16.5. The molecule has 1 saturated carbocycles. The maximum atomic E-state index is 5.79. The van der Waals surface area contributed by atoms with Crippen LogP contribution >= 0.6 is 0 Å². The molecule has 5 heteroatoms. The van der Waals surface area contributed by atoms with Gasteiger partial charge in [0, 0.05) is 25.0 Å². The lowest BCUT2D eigenvalue weighted by Gasteiger charge is -2.12. The van der Waals surface area contributed by atoms with E-state index in [0.29, 0.717) is 12.6 Å². The van der Waals surface area contributed by atoms with Crippen molar-refractivity contribution in [3.05, 3.63) is 42.2 Å². The summed E-state index contributed by atoms with van der Waals surface area (Å²) in [6.07, 6.45) is 6.28. The molecule has 0 bridgehead atoms. The van der Waals surface area contributed by atoms with Crippen LogP contribution in [0.2, 0.25) is 0 Å². The summed E-state index contributed by atoms with van der Waals surface area (Å²) in [5, 5.41) is 7.65. The van der Waals surface area contributed by atoms with E-state index in [2.05, 4.69) is 16.5 Å². The van der Waals surface area contributed by atoms with Crippen LogP contribution in [0.1, 0.15) is 18.4 Å². The van der Waals surface area contributed by atoms with Crippen molar-refractivity contribution >= 4 is 0 Å². The Bertz CT molecular complexity index is 565. The van der Waals surface area contributed by atoms with Gasteiger partial charge in [-0.15, -0.1) is 0 Å². The number of benzene rings is 1. The van der Waals surface area contributed by atoms with Crippen molar-refractivity contribution in [1.82, 2.24) is 15.1 Å². The maximum Gasteiger partial charge on any atom is 0.161 e. The zero-order chi connectivity index (χ0) is 14.5. The second-order valence-corrected chi connectivity index (χ2v) is 5.26. The third kappa shape index (κ3) is 3.98. The zero-order valence-electron chi connectivity index (χ0n) is 12.3. The Morgan fingerprint density at radius 1 is 1.33 bits per heavy atom. The second kappa shape index (κ2) is 6.63. The lowest BCUT2D eigenvalue weighted by atomic mass is 10.2. The van der Waals surface area contributed by atoms with Gasteiger partial charge in [-0.05, 0) is 36.6 Å². The average Bonchev–Trinajstić information content (AvgIpc) is 3.20. The van der Waals surface area contributed by atoms with Gasteiger partial charge in [0.15, 0.2) is 11.5 Å². The van der Waals surface area contributed by atoms with E-state index in [-0.39, 0.29) is 0 Å². The number of rotatable bonds is 8. The monoisotopic (exact) mass is 287 g/mol. The normalized spacial score (nSPS) is 14.1. The van der Waals surface area contributed by atoms with E-state index >= 15 is 0 Å². The Morgan fingerprint density at radius 2 is 2.24 bits per heavy atom. The summed E-state index contributed by atoms with van der Waals surface area (Å²) in [5.41, 5.74) is 1.22. The van der Waals surface area contributed by atoms with Crippen LogP contribution < -0.4 is 14.8 Å². The van der Waals surface area contributed by atoms with E-state index in [9.17, 15) is 0 Å². The molecule has 0 atom stereocenters. The lowest BCUT2D eigenvalue weighted by Crippen LogP contribution is -2.15. The summed E-state index contributed by atoms with van der Waals surface area (Å²) in [6.45, 7) is 2.17. The molecular formula is C16H21N3O2. The molecule has 1 fully saturated rings. The molecule has 1 aromatic carbocycles. The third-order valence-corrected chi connectivity index (χ3v) is 3.54. The summed E-state index contributed by atoms with van der Waals surface area (Å²) >= 11 is 0. The van der Waals surface area contributed by atoms with E-state index in [0.717, 1.165) is 24.6 Å². The van der Waals surface area contributed by atoms with Crippen LogP contribution in [0.15, 0.2) is 36.7 Å². The van der Waals surface area contributed by atoms with Crippen LogP contribution in [-0.4, -0.2) is 29.5 Å². The minimum absolute atomic E-state index is 0.567. The largest absolute Gasteiger partial charge is 0.493 e. The molecule has 0 amide bonds. The fourth-order valence-corrected chi connectivity index (χ4v) is 2.17. The van der Waals surface area contributed by atoms with Gasteiger partial charge in [0.2, 0.25) is 0 Å². The minimum Gasteiger partial charge on any atom is -0.493 e. The Balaban J connectivity index is 1.55. The van der Waals surface area contributed by atoms with Gasteiger partial charge in [0.05, 0.1) is 13.7 Å². The van der Waals surface area contributed by atoms with Crippen molar-refractivity contribution in [3.63, 3.8) is 0 Å². The van der Waals surface area contributed by atoms with E-state index < -0.39 is 0 Å². The number of nitrogens with one attached hydrogen (secondary N) is 1. The van der Waals surface area contributed by atoms with Crippen LogP contribution in [0.3, 0.4) is 0 Å². The molecular weight excluding hydrogens is 266 g/mol. The van der Waals surface area contributed by atoms with Crippen LogP contribution in [0, 0.1) is 0 Å². The molecule has 1 N–H and O–H groups in total. The van der Waals surface area contributed by atoms with Crippen LogP contribution in [-0.2, 0) is 13.1 Å². The predicted octanol–water partition coefficient (Wildman–Crippen LogP) is 2.22. The van der Waals surface area contributed by atoms with Gasteiger partial charge < -0.3 is 14.8 Å². The van der Waals surface area contributed by atoms with Gasteiger partial charge in [-0.25, -0.2) is 0 Å². The minimum atomic E-state index is 0.567. The molecule has 0 unspecified atom stereocenters. The molecule has 112 valence electrons. The SMILES string of the molecule is COc1cc(CNC2CC2)ccc1OCCn1cccn1. The molecule has 3 rings (SSSR count). The van der Waals surface area contributed by atoms with Crippen molar-refractivity contribution in [1.29, 1.82) is 0 Å². The molecule has 0 radical (unpaired) electrons. The molecule has 0 saturated heterocycles. The fraction of sp³-hybridized carbons (Fsp3) is 0.438. The van der Waals surface area contributed by atoms with E-state index in [1.165, 1.54) is 18.4 Å². The molecule has 5 nitrogen and oxygen atoms in total. The first kappa shape index (κ1) is 13.9. The van der Waals surface area contributed by atoms with Gasteiger partial charge in [-0.1, -0.05) is 6.07 Å². The molecule has 0 spiro atoms. The van der Waals surface area contributed by atoms with Crippen LogP contribution in [0.5, 0.6) is 11.5 Å². The highest BCUT2D eigenvalue weighted by Crippen LogP contribution is 2.28. The van der Waals surface area contributed by atoms with E-state index in [1.807, 2.05) is 29.1 Å². The van der Waals surface area contributed by atoms with Crippen molar-refractivity contribution < 1.29 is 9.47 Å². The van der Waals surface area contributed by atoms with Gasteiger partial charge in [0.1, 0.15) is 6.61 Å². The Kier molecular flexibility index (Phi) is 4.40. The number of hydrogen-bond donors (Lipinski definition) is 1. The molecule has 1 aliphatic rings. The van der Waals surface area contributed by atoms with Gasteiger partial charge in [0.25, 0.3) is 0 Å². The van der Waals surface area contributed by atoms with E-state index in [1.54, 1.807) is 13.3 Å². The molecule has 1 heterocycles. The highest BCUT2D eigenvalue weighted by Gasteiger charge is 2.20. The number of nitrogens with zero attached hydrogens (tertiary/aromatic N) is 2. The molecule has 0 aliphatic heterocycles. The number of aromatic nitrogens is 2. The lowest BCUT2D eigenvalue weighted by molar-refractivity contribution is 0.274. The first-order chi connectivity index (χ1) is 10.3. The molecule has 21 heavy (non-hydrogen) atoms. The number of methoxy groups -OCH3 is 1. The highest BCUT2D eigenvalue weighted by molar-refractivity contribution is 5.43. The Labute approximate surface area is 124 Å². The summed E-state index contributed by atoms with van der Waals surface area (Å²) in [7, 11) is 1.67. The standard InChI is InChI=1S/C16H21N3O2/c1-20-16-11-13(12-17-14-4-5-14)3-6-15(16)21-10-9-19-8-2-7-18-19/h2-3,6-8,11,14,17H,4-5,9-10,12H2,1H3. The van der Waals surface area contributed by atoms with Crippen molar-refractivity contribution in [2.45, 2.75) is 32.0 Å². The van der Waals surface area contributed by atoms with Crippen molar-refractivity contribution in [2.75, 3.05) is 13.7 Å². The molecule has 2 aromatic rings. The molecule has 1 aliphatic carbocycles. The summed E-state index contributed by atoms with van der Waals surface area (Å²) in [4.78, 5) is 0. The fourth-order valence-electron chi connectivity index (χ4n) is 2.17.